The maximum atomic E-state index is 13.4. The third-order valence-corrected chi connectivity index (χ3v) is 6.85. The molecule has 0 bridgehead atoms. The van der Waals surface area contributed by atoms with Crippen LogP contribution in [0, 0.1) is 0 Å². The van der Waals surface area contributed by atoms with Gasteiger partial charge in [0.05, 0.1) is 12.0 Å². The fourth-order valence-corrected chi connectivity index (χ4v) is 5.38. The Balaban J connectivity index is 1.63. The van der Waals surface area contributed by atoms with Crippen LogP contribution in [0.5, 0.6) is 0 Å². The predicted octanol–water partition coefficient (Wildman–Crippen LogP) is 4.23. The van der Waals surface area contributed by atoms with Crippen molar-refractivity contribution in [1.82, 2.24) is 14.8 Å². The smallest absolute Gasteiger partial charge is 0.227 e. The molecule has 2 fully saturated rings. The largest absolute Gasteiger partial charge is 0.335 e. The summed E-state index contributed by atoms with van der Waals surface area (Å²) in [4.78, 5) is 22.3. The first kappa shape index (κ1) is 19.1. The van der Waals surface area contributed by atoms with Crippen molar-refractivity contribution in [2.45, 2.75) is 63.1 Å². The number of carbonyl (C=O) groups is 1. The molecule has 4 nitrogen and oxygen atoms in total. The van der Waals surface area contributed by atoms with Crippen LogP contribution in [0.4, 0.5) is 0 Å². The minimum atomic E-state index is -0.130. The fourth-order valence-electron chi connectivity index (χ4n) is 5.38. The van der Waals surface area contributed by atoms with E-state index in [2.05, 4.69) is 59.1 Å². The summed E-state index contributed by atoms with van der Waals surface area (Å²) in [7, 11) is 2.25. The van der Waals surface area contributed by atoms with Crippen LogP contribution in [-0.2, 0) is 11.2 Å². The molecule has 0 unspecified atom stereocenters. The molecule has 1 amide bonds. The number of likely N-dealkylation sites (N-methyl/N-ethyl adjacent to an activating group) is 1. The van der Waals surface area contributed by atoms with Crippen LogP contribution < -0.4 is 0 Å². The van der Waals surface area contributed by atoms with Crippen LogP contribution in [0.25, 0.3) is 0 Å². The maximum absolute atomic E-state index is 13.4. The lowest BCUT2D eigenvalue weighted by molar-refractivity contribution is -0.138. The molecule has 2 aromatic rings. The van der Waals surface area contributed by atoms with E-state index in [-0.39, 0.29) is 11.4 Å². The molecule has 0 radical (unpaired) electrons. The molecule has 0 saturated carbocycles. The standard InChI is InChI=1S/C24H31N3O/c1-24-17-21(20-11-5-3-6-12-20)26(2)22(24)13-7-4-8-15-27(24)23(28)16-19-10-9-14-25-18-19/h3,5-6,9-12,14,18,21-22H,4,7-8,13,15-17H2,1-2H3/t21-,22-,24-/m0/s1. The van der Waals surface area contributed by atoms with Crippen molar-refractivity contribution >= 4 is 5.91 Å². The molecular formula is C24H31N3O. The summed E-state index contributed by atoms with van der Waals surface area (Å²) >= 11 is 0. The maximum Gasteiger partial charge on any atom is 0.227 e. The van der Waals surface area contributed by atoms with Gasteiger partial charge in [-0.2, -0.15) is 0 Å². The molecule has 3 heterocycles. The fraction of sp³-hybridized carbons (Fsp3) is 0.500. The highest BCUT2D eigenvalue weighted by molar-refractivity contribution is 5.79. The van der Waals surface area contributed by atoms with Gasteiger partial charge in [-0.25, -0.2) is 0 Å². The number of likely N-dealkylation sites (tertiary alicyclic amines) is 2. The van der Waals surface area contributed by atoms with Crippen molar-refractivity contribution < 1.29 is 4.79 Å². The van der Waals surface area contributed by atoms with Gasteiger partial charge >= 0.3 is 0 Å². The first-order valence-electron chi connectivity index (χ1n) is 10.6. The molecule has 1 aromatic heterocycles. The zero-order valence-electron chi connectivity index (χ0n) is 17.1. The van der Waals surface area contributed by atoms with Crippen molar-refractivity contribution in [3.8, 4) is 0 Å². The number of rotatable bonds is 3. The van der Waals surface area contributed by atoms with E-state index in [0.717, 1.165) is 31.4 Å². The molecule has 1 aromatic carbocycles. The first-order chi connectivity index (χ1) is 13.6. The Morgan fingerprint density at radius 2 is 1.96 bits per heavy atom. The average molecular weight is 378 g/mol. The van der Waals surface area contributed by atoms with Crippen molar-refractivity contribution in [2.24, 2.45) is 0 Å². The number of amides is 1. The molecule has 3 atom stereocenters. The average Bonchev–Trinajstić information content (AvgIpc) is 2.94. The summed E-state index contributed by atoms with van der Waals surface area (Å²) in [6.45, 7) is 3.19. The van der Waals surface area contributed by atoms with E-state index in [4.69, 9.17) is 0 Å². The Bertz CT molecular complexity index is 794. The van der Waals surface area contributed by atoms with Crippen molar-refractivity contribution in [1.29, 1.82) is 0 Å². The molecule has 4 rings (SSSR count). The van der Waals surface area contributed by atoms with Gasteiger partial charge < -0.3 is 4.90 Å². The van der Waals surface area contributed by atoms with Crippen LogP contribution in [-0.4, -0.2) is 45.9 Å². The van der Waals surface area contributed by atoms with E-state index < -0.39 is 0 Å². The van der Waals surface area contributed by atoms with E-state index >= 15 is 0 Å². The monoisotopic (exact) mass is 377 g/mol. The quantitative estimate of drug-likeness (QED) is 0.803. The molecule has 2 aliphatic heterocycles. The first-order valence-corrected chi connectivity index (χ1v) is 10.6. The molecule has 28 heavy (non-hydrogen) atoms. The second-order valence-corrected chi connectivity index (χ2v) is 8.60. The highest BCUT2D eigenvalue weighted by Crippen LogP contribution is 2.47. The SMILES string of the molecule is CN1[C@H]2CCCCCN(C(=O)Cc3cccnc3)[C@@]2(C)C[C@H]1c1ccccc1. The second-order valence-electron chi connectivity index (χ2n) is 8.60. The van der Waals surface area contributed by atoms with Crippen LogP contribution in [0.1, 0.15) is 56.2 Å². The molecular weight excluding hydrogens is 346 g/mol. The molecule has 0 aliphatic carbocycles. The minimum absolute atomic E-state index is 0.130. The van der Waals surface area contributed by atoms with Gasteiger partial charge in [-0.05, 0) is 50.4 Å². The van der Waals surface area contributed by atoms with Gasteiger partial charge in [-0.3, -0.25) is 14.7 Å². The predicted molar refractivity (Wildman–Crippen MR) is 112 cm³/mol. The Morgan fingerprint density at radius 3 is 2.71 bits per heavy atom. The van der Waals surface area contributed by atoms with Crippen molar-refractivity contribution in [3.63, 3.8) is 0 Å². The lowest BCUT2D eigenvalue weighted by Gasteiger charge is -2.45. The number of carbonyl (C=O) groups excluding carboxylic acids is 1. The molecule has 0 N–H and O–H groups in total. The number of nitrogens with zero attached hydrogens (tertiary/aromatic N) is 3. The van der Waals surface area contributed by atoms with Crippen LogP contribution in [0.15, 0.2) is 54.9 Å². The van der Waals surface area contributed by atoms with Gasteiger partial charge in [0.25, 0.3) is 0 Å². The van der Waals surface area contributed by atoms with Gasteiger partial charge in [0, 0.05) is 31.0 Å². The number of benzene rings is 1. The number of fused-ring (bicyclic) bond motifs is 1. The summed E-state index contributed by atoms with van der Waals surface area (Å²) in [6, 6.07) is 15.5. The summed E-state index contributed by atoms with van der Waals surface area (Å²) in [5.74, 6) is 0.240. The number of aromatic nitrogens is 1. The second kappa shape index (κ2) is 8.04. The Labute approximate surface area is 168 Å². The van der Waals surface area contributed by atoms with Crippen molar-refractivity contribution in [3.05, 3.63) is 66.0 Å². The van der Waals surface area contributed by atoms with Gasteiger partial charge in [0.1, 0.15) is 0 Å². The molecule has 4 heteroatoms. The Morgan fingerprint density at radius 1 is 1.14 bits per heavy atom. The van der Waals surface area contributed by atoms with E-state index in [1.807, 2.05) is 18.3 Å². The highest BCUT2D eigenvalue weighted by Gasteiger charge is 2.52. The van der Waals surface area contributed by atoms with Crippen LogP contribution in [0.3, 0.4) is 0 Å². The summed E-state index contributed by atoms with van der Waals surface area (Å²) in [5, 5.41) is 0. The van der Waals surface area contributed by atoms with E-state index in [0.29, 0.717) is 18.5 Å². The van der Waals surface area contributed by atoms with Gasteiger partial charge in [0.15, 0.2) is 0 Å². The van der Waals surface area contributed by atoms with Gasteiger partial charge in [-0.1, -0.05) is 49.2 Å². The molecule has 2 aliphatic rings. The lowest BCUT2D eigenvalue weighted by Crippen LogP contribution is -2.57. The van der Waals surface area contributed by atoms with Gasteiger partial charge in [-0.15, -0.1) is 0 Å². The normalized spacial score (nSPS) is 28.4. The minimum Gasteiger partial charge on any atom is -0.335 e. The van der Waals surface area contributed by atoms with Gasteiger partial charge in [0.2, 0.25) is 5.91 Å². The molecule has 0 spiro atoms. The zero-order chi connectivity index (χ0) is 19.6. The Kier molecular flexibility index (Phi) is 5.49. The third-order valence-electron chi connectivity index (χ3n) is 6.85. The number of hydrogen-bond donors (Lipinski definition) is 0. The summed E-state index contributed by atoms with van der Waals surface area (Å²) in [5.41, 5.74) is 2.23. The van der Waals surface area contributed by atoms with Crippen LogP contribution >= 0.6 is 0 Å². The number of pyridine rings is 1. The molecule has 2 saturated heterocycles. The van der Waals surface area contributed by atoms with E-state index in [1.165, 1.54) is 18.4 Å². The van der Waals surface area contributed by atoms with E-state index in [9.17, 15) is 4.79 Å². The highest BCUT2D eigenvalue weighted by atomic mass is 16.2. The topological polar surface area (TPSA) is 36.4 Å². The lowest BCUT2D eigenvalue weighted by atomic mass is 9.83. The Hall–Kier alpha value is -2.20. The summed E-state index contributed by atoms with van der Waals surface area (Å²) in [6.07, 6.45) is 9.72. The van der Waals surface area contributed by atoms with Crippen LogP contribution in [0.2, 0.25) is 0 Å². The summed E-state index contributed by atoms with van der Waals surface area (Å²) < 4.78 is 0. The van der Waals surface area contributed by atoms with Crippen molar-refractivity contribution in [2.75, 3.05) is 13.6 Å². The third kappa shape index (κ3) is 3.58. The zero-order valence-corrected chi connectivity index (χ0v) is 17.1. The number of hydrogen-bond acceptors (Lipinski definition) is 3. The van der Waals surface area contributed by atoms with E-state index in [1.54, 1.807) is 6.20 Å². The molecule has 148 valence electrons.